The summed E-state index contributed by atoms with van der Waals surface area (Å²) < 4.78 is 2.30. The summed E-state index contributed by atoms with van der Waals surface area (Å²) in [6.45, 7) is 4.40. The van der Waals surface area contributed by atoms with Gasteiger partial charge in [-0.1, -0.05) is 28.1 Å². The Bertz CT molecular complexity index is 507. The second-order valence-corrected chi connectivity index (χ2v) is 7.71. The van der Waals surface area contributed by atoms with Gasteiger partial charge in [-0.25, -0.2) is 0 Å². The molecule has 0 saturated heterocycles. The van der Waals surface area contributed by atoms with Gasteiger partial charge in [0.15, 0.2) is 0 Å². The van der Waals surface area contributed by atoms with Gasteiger partial charge in [0.1, 0.15) is 0 Å². The van der Waals surface area contributed by atoms with Crippen LogP contribution in [0, 0.1) is 0 Å². The molecule has 1 nitrogen and oxygen atoms in total. The molecule has 0 saturated carbocycles. The first kappa shape index (κ1) is 14.3. The molecule has 2 aromatic rings. The lowest BCUT2D eigenvalue weighted by atomic mass is 10.1. The van der Waals surface area contributed by atoms with Crippen molar-refractivity contribution in [2.75, 3.05) is 0 Å². The lowest BCUT2D eigenvalue weighted by Crippen LogP contribution is -2.21. The van der Waals surface area contributed by atoms with Crippen molar-refractivity contribution in [1.29, 1.82) is 0 Å². The van der Waals surface area contributed by atoms with Crippen LogP contribution < -0.4 is 5.32 Å². The van der Waals surface area contributed by atoms with Crippen molar-refractivity contribution in [3.8, 4) is 0 Å². The smallest absolute Gasteiger partial charge is 0.0701 e. The van der Waals surface area contributed by atoms with Crippen molar-refractivity contribution in [2.24, 2.45) is 0 Å². The first-order chi connectivity index (χ1) is 8.56. The molecule has 2 atom stereocenters. The van der Waals surface area contributed by atoms with Gasteiger partial charge in [0, 0.05) is 21.4 Å². The summed E-state index contributed by atoms with van der Waals surface area (Å²) in [5, 5.41) is 3.62. The number of hydrogen-bond donors (Lipinski definition) is 1. The molecule has 1 aromatic carbocycles. The third-order valence-corrected chi connectivity index (χ3v) is 5.23. The van der Waals surface area contributed by atoms with Crippen LogP contribution in [0.3, 0.4) is 0 Å². The Labute approximate surface area is 129 Å². The molecule has 0 radical (unpaired) electrons. The van der Waals surface area contributed by atoms with E-state index < -0.39 is 0 Å². The third-order valence-electron chi connectivity index (χ3n) is 2.89. The molecule has 0 fully saturated rings. The molecular formula is C14H15Br2NS. The van der Waals surface area contributed by atoms with Crippen molar-refractivity contribution < 1.29 is 0 Å². The largest absolute Gasteiger partial charge is 0.303 e. The highest BCUT2D eigenvalue weighted by Crippen LogP contribution is 2.28. The van der Waals surface area contributed by atoms with Gasteiger partial charge >= 0.3 is 0 Å². The number of nitrogens with one attached hydrogen (secondary N) is 1. The fraction of sp³-hybridized carbons (Fsp3) is 0.286. The molecule has 0 bridgehead atoms. The van der Waals surface area contributed by atoms with Gasteiger partial charge in [0.2, 0.25) is 0 Å². The number of thiophene rings is 1. The van der Waals surface area contributed by atoms with Gasteiger partial charge in [-0.3, -0.25) is 0 Å². The Morgan fingerprint density at radius 1 is 0.944 bits per heavy atom. The maximum atomic E-state index is 3.62. The van der Waals surface area contributed by atoms with E-state index in [1.165, 1.54) is 14.2 Å². The topological polar surface area (TPSA) is 12.0 Å². The normalized spacial score (nSPS) is 14.4. The van der Waals surface area contributed by atoms with E-state index in [0.717, 1.165) is 4.47 Å². The molecule has 0 aliphatic carbocycles. The molecule has 1 unspecified atom stereocenters. The molecule has 1 N–H and O–H groups in total. The van der Waals surface area contributed by atoms with E-state index >= 15 is 0 Å². The Balaban J connectivity index is 2.02. The van der Waals surface area contributed by atoms with E-state index in [2.05, 4.69) is 87.4 Å². The molecular weight excluding hydrogens is 374 g/mol. The van der Waals surface area contributed by atoms with Crippen molar-refractivity contribution in [1.82, 2.24) is 5.32 Å². The molecule has 0 aliphatic rings. The Morgan fingerprint density at radius 2 is 1.61 bits per heavy atom. The van der Waals surface area contributed by atoms with E-state index in [1.807, 2.05) is 0 Å². The molecule has 96 valence electrons. The van der Waals surface area contributed by atoms with E-state index in [1.54, 1.807) is 11.3 Å². The molecule has 4 heteroatoms. The number of hydrogen-bond acceptors (Lipinski definition) is 2. The van der Waals surface area contributed by atoms with Crippen LogP contribution in [0.5, 0.6) is 0 Å². The van der Waals surface area contributed by atoms with Crippen LogP contribution in [0.25, 0.3) is 0 Å². The second-order valence-electron chi connectivity index (χ2n) is 4.30. The van der Waals surface area contributed by atoms with Gasteiger partial charge in [0.25, 0.3) is 0 Å². The highest BCUT2D eigenvalue weighted by Gasteiger charge is 2.12. The lowest BCUT2D eigenvalue weighted by Gasteiger charge is -2.19. The van der Waals surface area contributed by atoms with E-state index in [9.17, 15) is 0 Å². The SMILES string of the molecule is CC(N[C@@H](C)c1ccc(Br)cc1)c1ccc(Br)s1. The first-order valence-corrected chi connectivity index (χ1v) is 8.23. The van der Waals surface area contributed by atoms with E-state index in [0.29, 0.717) is 12.1 Å². The minimum absolute atomic E-state index is 0.342. The molecule has 1 heterocycles. The third kappa shape index (κ3) is 3.67. The molecule has 0 aliphatic heterocycles. The summed E-state index contributed by atoms with van der Waals surface area (Å²) in [5.41, 5.74) is 1.31. The average molecular weight is 389 g/mol. The summed E-state index contributed by atoms with van der Waals surface area (Å²) in [4.78, 5) is 1.35. The van der Waals surface area contributed by atoms with E-state index in [-0.39, 0.29) is 0 Å². The molecule has 18 heavy (non-hydrogen) atoms. The quantitative estimate of drug-likeness (QED) is 0.709. The molecule has 2 rings (SSSR count). The number of rotatable bonds is 4. The predicted octanol–water partition coefficient (Wildman–Crippen LogP) is 5.68. The van der Waals surface area contributed by atoms with E-state index in [4.69, 9.17) is 0 Å². The van der Waals surface area contributed by atoms with Gasteiger partial charge in [-0.05, 0) is 59.6 Å². The monoisotopic (exact) mass is 387 g/mol. The van der Waals surface area contributed by atoms with Crippen LogP contribution in [0.15, 0.2) is 44.7 Å². The highest BCUT2D eigenvalue weighted by molar-refractivity contribution is 9.11. The van der Waals surface area contributed by atoms with Crippen LogP contribution in [0.4, 0.5) is 0 Å². The van der Waals surface area contributed by atoms with Crippen LogP contribution in [-0.2, 0) is 0 Å². The molecule has 0 amide bonds. The van der Waals surface area contributed by atoms with Gasteiger partial charge in [0.05, 0.1) is 3.79 Å². The Hall–Kier alpha value is -0.160. The minimum Gasteiger partial charge on any atom is -0.303 e. The van der Waals surface area contributed by atoms with Crippen LogP contribution in [0.2, 0.25) is 0 Å². The summed E-state index contributed by atoms with van der Waals surface area (Å²) in [7, 11) is 0. The summed E-state index contributed by atoms with van der Waals surface area (Å²) in [5.74, 6) is 0. The predicted molar refractivity (Wildman–Crippen MR) is 86.1 cm³/mol. The fourth-order valence-corrected chi connectivity index (χ4v) is 3.57. The maximum absolute atomic E-state index is 3.62. The van der Waals surface area contributed by atoms with Gasteiger partial charge in [-0.2, -0.15) is 0 Å². The zero-order chi connectivity index (χ0) is 13.1. The van der Waals surface area contributed by atoms with Gasteiger partial charge in [-0.15, -0.1) is 11.3 Å². The first-order valence-electron chi connectivity index (χ1n) is 5.83. The summed E-state index contributed by atoms with van der Waals surface area (Å²) in [6.07, 6.45) is 0. The zero-order valence-corrected chi connectivity index (χ0v) is 14.3. The average Bonchev–Trinajstić information content (AvgIpc) is 2.76. The second kappa shape index (κ2) is 6.33. The van der Waals surface area contributed by atoms with Crippen molar-refractivity contribution in [2.45, 2.75) is 25.9 Å². The Morgan fingerprint density at radius 3 is 2.17 bits per heavy atom. The molecule has 0 spiro atoms. The fourth-order valence-electron chi connectivity index (χ4n) is 1.87. The van der Waals surface area contributed by atoms with Crippen molar-refractivity contribution in [3.63, 3.8) is 0 Å². The van der Waals surface area contributed by atoms with Crippen LogP contribution in [-0.4, -0.2) is 0 Å². The highest BCUT2D eigenvalue weighted by atomic mass is 79.9. The zero-order valence-electron chi connectivity index (χ0n) is 10.3. The minimum atomic E-state index is 0.342. The maximum Gasteiger partial charge on any atom is 0.0701 e. The molecule has 1 aromatic heterocycles. The number of halogens is 2. The van der Waals surface area contributed by atoms with Crippen LogP contribution in [0.1, 0.15) is 36.4 Å². The van der Waals surface area contributed by atoms with Gasteiger partial charge < -0.3 is 5.32 Å². The lowest BCUT2D eigenvalue weighted by molar-refractivity contribution is 0.500. The number of benzene rings is 1. The summed E-state index contributed by atoms with van der Waals surface area (Å²) in [6, 6.07) is 13.4. The van der Waals surface area contributed by atoms with Crippen molar-refractivity contribution in [3.05, 3.63) is 55.1 Å². The Kier molecular flexibility index (Phi) is 5.01. The summed E-state index contributed by atoms with van der Waals surface area (Å²) >= 11 is 8.75. The standard InChI is InChI=1S/C14H15Br2NS/c1-9(11-3-5-12(15)6-4-11)17-10(2)13-7-8-14(16)18-13/h3-10,17H,1-2H3/t9-,10?/m0/s1. The van der Waals surface area contributed by atoms with Crippen molar-refractivity contribution >= 4 is 43.2 Å². The van der Waals surface area contributed by atoms with Crippen LogP contribution >= 0.6 is 43.2 Å².